The maximum atomic E-state index is 12.5. The molecule has 1 amide bonds. The largest absolute Gasteiger partial charge is 0.486 e. The maximum absolute atomic E-state index is 12.5. The number of hydrogen-bond acceptors (Lipinski definition) is 5. The number of carbonyl (C=O) groups excluding carboxylic acids is 1. The summed E-state index contributed by atoms with van der Waals surface area (Å²) in [5.74, 6) is 1.03. The Morgan fingerprint density at radius 2 is 1.88 bits per heavy atom. The van der Waals surface area contributed by atoms with E-state index in [1.165, 1.54) is 0 Å². The number of amides is 1. The fourth-order valence-electron chi connectivity index (χ4n) is 2.66. The van der Waals surface area contributed by atoms with Crippen LogP contribution in [0.15, 0.2) is 42.5 Å². The summed E-state index contributed by atoms with van der Waals surface area (Å²) in [4.78, 5) is 12.5. The summed E-state index contributed by atoms with van der Waals surface area (Å²) < 4.78 is 36.7. The summed E-state index contributed by atoms with van der Waals surface area (Å²) in [5, 5.41) is 2.81. The number of anilines is 1. The molecule has 0 aromatic heterocycles. The summed E-state index contributed by atoms with van der Waals surface area (Å²) in [5.41, 5.74) is 1.34. The number of para-hydroxylation sites is 2. The van der Waals surface area contributed by atoms with Gasteiger partial charge in [0.2, 0.25) is 10.0 Å². The number of hydrogen-bond donors (Lipinski definition) is 2. The molecule has 0 bridgehead atoms. The van der Waals surface area contributed by atoms with Crippen molar-refractivity contribution in [3.8, 4) is 11.5 Å². The highest BCUT2D eigenvalue weighted by atomic mass is 32.2. The lowest BCUT2D eigenvalue weighted by molar-refractivity contribution is 0.0789. The minimum absolute atomic E-state index is 0.274. The van der Waals surface area contributed by atoms with Gasteiger partial charge in [-0.15, -0.1) is 0 Å². The molecule has 0 fully saturated rings. The van der Waals surface area contributed by atoms with Gasteiger partial charge in [0, 0.05) is 5.56 Å². The van der Waals surface area contributed by atoms with Gasteiger partial charge in [0.25, 0.3) is 5.91 Å². The number of sulfonamides is 1. The molecule has 1 aliphatic rings. The zero-order chi connectivity index (χ0) is 18.7. The van der Waals surface area contributed by atoms with Crippen LogP contribution in [-0.4, -0.2) is 39.8 Å². The van der Waals surface area contributed by atoms with Crippen LogP contribution in [0.2, 0.25) is 0 Å². The van der Waals surface area contributed by atoms with Crippen molar-refractivity contribution in [2.75, 3.05) is 24.1 Å². The molecule has 0 saturated carbocycles. The lowest BCUT2D eigenvalue weighted by atomic mass is 10.1. The summed E-state index contributed by atoms with van der Waals surface area (Å²) in [6.07, 6.45) is 0.767. The van der Waals surface area contributed by atoms with Crippen molar-refractivity contribution < 1.29 is 22.7 Å². The quantitative estimate of drug-likeness (QED) is 0.832. The molecule has 7 nitrogen and oxygen atoms in total. The summed E-state index contributed by atoms with van der Waals surface area (Å²) in [6.45, 7) is 2.31. The molecule has 8 heteroatoms. The third kappa shape index (κ3) is 4.26. The topological polar surface area (TPSA) is 93.7 Å². The first-order valence-electron chi connectivity index (χ1n) is 8.07. The number of rotatable bonds is 5. The number of carbonyl (C=O) groups is 1. The van der Waals surface area contributed by atoms with Crippen LogP contribution < -0.4 is 19.5 Å². The van der Waals surface area contributed by atoms with Crippen LogP contribution in [-0.2, 0) is 10.0 Å². The van der Waals surface area contributed by atoms with E-state index in [4.69, 9.17) is 9.47 Å². The fraction of sp³-hybridized carbons (Fsp3) is 0.278. The predicted octanol–water partition coefficient (Wildman–Crippen LogP) is 1.94. The monoisotopic (exact) mass is 376 g/mol. The van der Waals surface area contributed by atoms with Crippen molar-refractivity contribution in [3.63, 3.8) is 0 Å². The molecule has 0 radical (unpaired) electrons. The van der Waals surface area contributed by atoms with E-state index in [-0.39, 0.29) is 18.6 Å². The molecule has 138 valence electrons. The first-order valence-corrected chi connectivity index (χ1v) is 9.97. The van der Waals surface area contributed by atoms with Crippen molar-refractivity contribution in [3.05, 3.63) is 53.6 Å². The van der Waals surface area contributed by atoms with Crippen molar-refractivity contribution in [2.45, 2.75) is 13.0 Å². The van der Waals surface area contributed by atoms with E-state index < -0.39 is 10.0 Å². The van der Waals surface area contributed by atoms with Gasteiger partial charge in [0.15, 0.2) is 11.5 Å². The Bertz CT molecular complexity index is 927. The zero-order valence-corrected chi connectivity index (χ0v) is 15.3. The van der Waals surface area contributed by atoms with Crippen LogP contribution >= 0.6 is 0 Å². The molecular formula is C18H20N2O5S. The predicted molar refractivity (Wildman–Crippen MR) is 98.3 cm³/mol. The average molecular weight is 376 g/mol. The Kier molecular flexibility index (Phi) is 5.03. The second-order valence-corrected chi connectivity index (χ2v) is 7.81. The number of benzene rings is 2. The van der Waals surface area contributed by atoms with E-state index in [1.807, 2.05) is 24.3 Å². The number of fused-ring (bicyclic) bond motifs is 1. The van der Waals surface area contributed by atoms with Crippen molar-refractivity contribution in [1.82, 2.24) is 5.32 Å². The third-order valence-corrected chi connectivity index (χ3v) is 4.52. The first-order chi connectivity index (χ1) is 12.3. The molecule has 0 spiro atoms. The molecule has 1 aliphatic heterocycles. The Morgan fingerprint density at radius 1 is 1.15 bits per heavy atom. The molecule has 1 heterocycles. The van der Waals surface area contributed by atoms with E-state index in [0.717, 1.165) is 6.26 Å². The van der Waals surface area contributed by atoms with Gasteiger partial charge in [-0.25, -0.2) is 8.42 Å². The number of ether oxygens (including phenoxy) is 2. The van der Waals surface area contributed by atoms with Crippen LogP contribution in [0.25, 0.3) is 0 Å². The highest BCUT2D eigenvalue weighted by molar-refractivity contribution is 7.92. The molecule has 2 N–H and O–H groups in total. The molecule has 0 unspecified atom stereocenters. The second-order valence-electron chi connectivity index (χ2n) is 6.06. The minimum Gasteiger partial charge on any atom is -0.486 e. The lowest BCUT2D eigenvalue weighted by Crippen LogP contribution is -2.40. The Hall–Kier alpha value is -2.74. The highest BCUT2D eigenvalue weighted by Crippen LogP contribution is 2.30. The molecule has 2 aromatic rings. The Morgan fingerprint density at radius 3 is 2.62 bits per heavy atom. The van der Waals surface area contributed by atoms with E-state index in [0.29, 0.717) is 34.9 Å². The highest BCUT2D eigenvalue weighted by Gasteiger charge is 2.22. The van der Waals surface area contributed by atoms with Crippen LogP contribution in [0.3, 0.4) is 0 Å². The van der Waals surface area contributed by atoms with E-state index >= 15 is 0 Å². The fourth-order valence-corrected chi connectivity index (χ4v) is 3.28. The van der Waals surface area contributed by atoms with Crippen molar-refractivity contribution in [2.24, 2.45) is 0 Å². The lowest BCUT2D eigenvalue weighted by Gasteiger charge is -2.26. The molecule has 26 heavy (non-hydrogen) atoms. The van der Waals surface area contributed by atoms with Gasteiger partial charge in [-0.2, -0.15) is 0 Å². The molecule has 3 rings (SSSR count). The number of nitrogens with one attached hydrogen (secondary N) is 2. The normalized spacial score (nSPS) is 16.0. The van der Waals surface area contributed by atoms with Crippen LogP contribution in [0.4, 0.5) is 5.69 Å². The van der Waals surface area contributed by atoms with Crippen molar-refractivity contribution >= 4 is 21.6 Å². The first kappa shape index (κ1) is 18.1. The van der Waals surface area contributed by atoms with Crippen molar-refractivity contribution in [1.29, 1.82) is 0 Å². The van der Waals surface area contributed by atoms with Gasteiger partial charge in [0.1, 0.15) is 12.7 Å². The van der Waals surface area contributed by atoms with Gasteiger partial charge < -0.3 is 14.8 Å². The third-order valence-electron chi connectivity index (χ3n) is 3.93. The summed E-state index contributed by atoms with van der Waals surface area (Å²) in [6, 6.07) is 12.2. The van der Waals surface area contributed by atoms with Crippen LogP contribution in [0.1, 0.15) is 15.9 Å². The second kappa shape index (κ2) is 7.25. The van der Waals surface area contributed by atoms with Gasteiger partial charge in [-0.05, 0) is 36.8 Å². The Labute approximate surface area is 152 Å². The van der Waals surface area contributed by atoms with Gasteiger partial charge in [0.05, 0.1) is 18.5 Å². The van der Waals surface area contributed by atoms with Gasteiger partial charge in [-0.3, -0.25) is 9.52 Å². The summed E-state index contributed by atoms with van der Waals surface area (Å²) in [7, 11) is -3.42. The van der Waals surface area contributed by atoms with Gasteiger partial charge >= 0.3 is 0 Å². The molecule has 0 saturated heterocycles. The zero-order valence-electron chi connectivity index (χ0n) is 14.5. The standard InChI is InChI=1S/C18H20N2O5S/c1-12-14(6-5-7-15(12)20-26(2,22)23)18(21)19-10-13-11-24-16-8-3-4-9-17(16)25-13/h3-9,13,20H,10-11H2,1-2H3,(H,19,21)/t13-/m1/s1. The minimum atomic E-state index is -3.42. The van der Waals surface area contributed by atoms with E-state index in [1.54, 1.807) is 25.1 Å². The average Bonchev–Trinajstić information content (AvgIpc) is 2.60. The molecule has 1 atom stereocenters. The SMILES string of the molecule is Cc1c(NS(C)(=O)=O)cccc1C(=O)NC[C@@H]1COc2ccccc2O1. The smallest absolute Gasteiger partial charge is 0.251 e. The summed E-state index contributed by atoms with van der Waals surface area (Å²) >= 11 is 0. The van der Waals surface area contributed by atoms with Crippen LogP contribution in [0, 0.1) is 6.92 Å². The van der Waals surface area contributed by atoms with E-state index in [9.17, 15) is 13.2 Å². The maximum Gasteiger partial charge on any atom is 0.251 e. The molecule has 0 aliphatic carbocycles. The Balaban J connectivity index is 1.65. The molecular weight excluding hydrogens is 356 g/mol. The molecule has 2 aromatic carbocycles. The van der Waals surface area contributed by atoms with Crippen LogP contribution in [0.5, 0.6) is 11.5 Å². The van der Waals surface area contributed by atoms with Gasteiger partial charge in [-0.1, -0.05) is 18.2 Å². The van der Waals surface area contributed by atoms with E-state index in [2.05, 4.69) is 10.0 Å².